The topological polar surface area (TPSA) is 52.6 Å². The van der Waals surface area contributed by atoms with Gasteiger partial charge in [0.05, 0.1) is 18.4 Å². The first-order valence-corrected chi connectivity index (χ1v) is 10.5. The van der Waals surface area contributed by atoms with E-state index in [1.165, 1.54) is 0 Å². The molecular formula is C26H22O4. The Balaban J connectivity index is 1.84. The molecule has 0 spiro atoms. The standard InChI is InChI=1S/C26H22O4/c1-4-29-19-13-18-20(15-10-6-5-9-14(15)19)26(3)17-12-8-7-11-16(17)25(18,2)21-22(26)24(28)30-23(21)27/h5-13,21-22H,4H2,1-3H3. The van der Waals surface area contributed by atoms with Crippen LogP contribution in [0.4, 0.5) is 0 Å². The first-order valence-electron chi connectivity index (χ1n) is 10.5. The van der Waals surface area contributed by atoms with Gasteiger partial charge < -0.3 is 9.47 Å². The molecule has 0 N–H and O–H groups in total. The van der Waals surface area contributed by atoms with Crippen molar-refractivity contribution in [2.75, 3.05) is 6.61 Å². The van der Waals surface area contributed by atoms with Crippen LogP contribution >= 0.6 is 0 Å². The van der Waals surface area contributed by atoms with E-state index in [4.69, 9.17) is 9.47 Å². The molecule has 4 nitrogen and oxygen atoms in total. The number of esters is 2. The molecule has 3 aromatic carbocycles. The van der Waals surface area contributed by atoms with E-state index in [0.717, 1.165) is 38.8 Å². The van der Waals surface area contributed by atoms with E-state index in [9.17, 15) is 9.59 Å². The number of hydrogen-bond donors (Lipinski definition) is 0. The summed E-state index contributed by atoms with van der Waals surface area (Å²) < 4.78 is 11.3. The lowest BCUT2D eigenvalue weighted by Gasteiger charge is -2.57. The third kappa shape index (κ3) is 1.75. The van der Waals surface area contributed by atoms with Crippen LogP contribution in [-0.4, -0.2) is 18.5 Å². The normalized spacial score (nSPS) is 30.6. The van der Waals surface area contributed by atoms with E-state index in [0.29, 0.717) is 6.61 Å². The minimum atomic E-state index is -0.659. The Labute approximate surface area is 174 Å². The molecule has 1 saturated heterocycles. The summed E-state index contributed by atoms with van der Waals surface area (Å²) in [5.74, 6) is -1.07. The average molecular weight is 398 g/mol. The average Bonchev–Trinajstić information content (AvgIpc) is 3.07. The van der Waals surface area contributed by atoms with Crippen molar-refractivity contribution in [2.24, 2.45) is 11.8 Å². The molecule has 0 saturated carbocycles. The molecule has 4 aliphatic rings. The van der Waals surface area contributed by atoms with Gasteiger partial charge in [0.25, 0.3) is 0 Å². The number of carbonyl (C=O) groups is 2. The smallest absolute Gasteiger partial charge is 0.318 e. The van der Waals surface area contributed by atoms with Crippen LogP contribution in [0.5, 0.6) is 5.75 Å². The van der Waals surface area contributed by atoms with E-state index >= 15 is 0 Å². The van der Waals surface area contributed by atoms with Crippen molar-refractivity contribution in [3.05, 3.63) is 76.9 Å². The van der Waals surface area contributed by atoms with Crippen molar-refractivity contribution in [1.82, 2.24) is 0 Å². The molecule has 2 bridgehead atoms. The lowest BCUT2D eigenvalue weighted by atomic mass is 9.42. The third-order valence-electron chi connectivity index (χ3n) is 7.72. The maximum Gasteiger partial charge on any atom is 0.318 e. The van der Waals surface area contributed by atoms with Gasteiger partial charge in [-0.1, -0.05) is 62.4 Å². The Morgan fingerprint density at radius 1 is 0.833 bits per heavy atom. The zero-order valence-electron chi connectivity index (χ0n) is 17.2. The summed E-state index contributed by atoms with van der Waals surface area (Å²) in [5.41, 5.74) is 3.09. The highest BCUT2D eigenvalue weighted by Crippen LogP contribution is 2.67. The fraction of sp³-hybridized carbons (Fsp3) is 0.308. The summed E-state index contributed by atoms with van der Waals surface area (Å²) in [4.78, 5) is 26.0. The maximum absolute atomic E-state index is 13.0. The summed E-state index contributed by atoms with van der Waals surface area (Å²) in [6.45, 7) is 6.72. The number of rotatable bonds is 2. The zero-order valence-corrected chi connectivity index (χ0v) is 17.2. The number of hydrogen-bond acceptors (Lipinski definition) is 4. The maximum atomic E-state index is 13.0. The zero-order chi connectivity index (χ0) is 20.8. The van der Waals surface area contributed by atoms with Crippen molar-refractivity contribution in [2.45, 2.75) is 31.6 Å². The van der Waals surface area contributed by atoms with Crippen LogP contribution in [0.1, 0.15) is 43.0 Å². The first kappa shape index (κ1) is 17.7. The quantitative estimate of drug-likeness (QED) is 0.471. The summed E-state index contributed by atoms with van der Waals surface area (Å²) in [6, 6.07) is 18.5. The predicted molar refractivity (Wildman–Crippen MR) is 113 cm³/mol. The van der Waals surface area contributed by atoms with Crippen LogP contribution < -0.4 is 4.74 Å². The van der Waals surface area contributed by atoms with Gasteiger partial charge in [0.1, 0.15) is 5.75 Å². The number of carbonyl (C=O) groups excluding carboxylic acids is 2. The van der Waals surface area contributed by atoms with Gasteiger partial charge in [-0.05, 0) is 40.6 Å². The molecule has 1 aliphatic heterocycles. The highest BCUT2D eigenvalue weighted by Gasteiger charge is 2.70. The van der Waals surface area contributed by atoms with Gasteiger partial charge in [-0.2, -0.15) is 0 Å². The van der Waals surface area contributed by atoms with E-state index in [2.05, 4.69) is 44.2 Å². The van der Waals surface area contributed by atoms with Gasteiger partial charge in [-0.15, -0.1) is 0 Å². The van der Waals surface area contributed by atoms with Crippen molar-refractivity contribution in [3.8, 4) is 5.75 Å². The molecule has 4 heteroatoms. The molecule has 0 amide bonds. The molecule has 1 fully saturated rings. The number of fused-ring (bicyclic) bond motifs is 1. The van der Waals surface area contributed by atoms with Crippen LogP contribution in [0.2, 0.25) is 0 Å². The Morgan fingerprint density at radius 3 is 2.07 bits per heavy atom. The molecule has 0 radical (unpaired) electrons. The Hall–Kier alpha value is -3.14. The van der Waals surface area contributed by atoms with E-state index in [-0.39, 0.29) is 0 Å². The predicted octanol–water partition coefficient (Wildman–Crippen LogP) is 4.49. The van der Waals surface area contributed by atoms with Crippen LogP contribution in [-0.2, 0) is 25.2 Å². The molecular weight excluding hydrogens is 376 g/mol. The molecule has 4 atom stereocenters. The van der Waals surface area contributed by atoms with Crippen molar-refractivity contribution < 1.29 is 19.1 Å². The summed E-state index contributed by atoms with van der Waals surface area (Å²) in [7, 11) is 0. The number of benzene rings is 3. The highest BCUT2D eigenvalue weighted by atomic mass is 16.6. The second kappa shape index (κ2) is 5.51. The fourth-order valence-corrected chi connectivity index (χ4v) is 6.55. The van der Waals surface area contributed by atoms with Gasteiger partial charge in [-0.3, -0.25) is 9.59 Å². The Morgan fingerprint density at radius 2 is 1.40 bits per heavy atom. The second-order valence-electron chi connectivity index (χ2n) is 8.92. The molecule has 4 unspecified atom stereocenters. The van der Waals surface area contributed by atoms with Crippen molar-refractivity contribution >= 4 is 22.7 Å². The molecule has 150 valence electrons. The second-order valence-corrected chi connectivity index (χ2v) is 8.92. The lowest BCUT2D eigenvalue weighted by Crippen LogP contribution is -2.59. The van der Waals surface area contributed by atoms with E-state index in [1.54, 1.807) is 0 Å². The third-order valence-corrected chi connectivity index (χ3v) is 7.72. The SMILES string of the molecule is CCOc1cc2c(c3ccccc13)C1(C)c3ccccc3C2(C)C2C(=O)OC(=O)C21. The van der Waals surface area contributed by atoms with Crippen molar-refractivity contribution in [1.29, 1.82) is 0 Å². The fourth-order valence-electron chi connectivity index (χ4n) is 6.55. The molecule has 30 heavy (non-hydrogen) atoms. The lowest BCUT2D eigenvalue weighted by molar-refractivity contribution is -0.154. The molecule has 3 aromatic rings. The minimum Gasteiger partial charge on any atom is -0.493 e. The number of ether oxygens (including phenoxy) is 2. The Kier molecular flexibility index (Phi) is 3.25. The van der Waals surface area contributed by atoms with Gasteiger partial charge in [0, 0.05) is 16.2 Å². The highest BCUT2D eigenvalue weighted by molar-refractivity contribution is 6.04. The van der Waals surface area contributed by atoms with Crippen LogP contribution in [0.15, 0.2) is 54.6 Å². The summed E-state index contributed by atoms with van der Waals surface area (Å²) in [6.07, 6.45) is 0. The van der Waals surface area contributed by atoms with Crippen LogP contribution in [0.3, 0.4) is 0 Å². The Bertz CT molecular complexity index is 1280. The summed E-state index contributed by atoms with van der Waals surface area (Å²) in [5, 5.41) is 2.11. The van der Waals surface area contributed by atoms with Crippen LogP contribution in [0.25, 0.3) is 10.8 Å². The minimum absolute atomic E-state index is 0.406. The number of cyclic esters (lactones) is 2. The monoisotopic (exact) mass is 398 g/mol. The summed E-state index contributed by atoms with van der Waals surface area (Å²) >= 11 is 0. The van der Waals surface area contributed by atoms with Crippen LogP contribution in [0, 0.1) is 11.8 Å². The van der Waals surface area contributed by atoms with E-state index < -0.39 is 34.6 Å². The first-order chi connectivity index (χ1) is 14.4. The van der Waals surface area contributed by atoms with Gasteiger partial charge in [-0.25, -0.2) is 0 Å². The molecule has 3 aliphatic carbocycles. The van der Waals surface area contributed by atoms with Gasteiger partial charge in [0.2, 0.25) is 0 Å². The van der Waals surface area contributed by atoms with Gasteiger partial charge in [0.15, 0.2) is 0 Å². The van der Waals surface area contributed by atoms with E-state index in [1.807, 2.05) is 31.2 Å². The van der Waals surface area contributed by atoms with Gasteiger partial charge >= 0.3 is 11.9 Å². The molecule has 7 rings (SSSR count). The van der Waals surface area contributed by atoms with Crippen molar-refractivity contribution in [3.63, 3.8) is 0 Å². The molecule has 0 aromatic heterocycles. The largest absolute Gasteiger partial charge is 0.493 e. The molecule has 1 heterocycles.